The maximum absolute atomic E-state index is 12.5. The lowest BCUT2D eigenvalue weighted by Gasteiger charge is -2.23. The fourth-order valence-corrected chi connectivity index (χ4v) is 3.09. The highest BCUT2D eigenvalue weighted by molar-refractivity contribution is 5.93. The van der Waals surface area contributed by atoms with Crippen molar-refractivity contribution in [2.24, 2.45) is 0 Å². The summed E-state index contributed by atoms with van der Waals surface area (Å²) in [6.07, 6.45) is 7.96. The molecule has 0 atom stereocenters. The fourth-order valence-electron chi connectivity index (χ4n) is 3.09. The monoisotopic (exact) mass is 347 g/mol. The number of carbonyl (C=O) groups excluding carboxylic acids is 1. The van der Waals surface area contributed by atoms with E-state index in [1.807, 2.05) is 47.1 Å². The van der Waals surface area contributed by atoms with Crippen molar-refractivity contribution in [3.63, 3.8) is 0 Å². The van der Waals surface area contributed by atoms with Crippen LogP contribution in [0.25, 0.3) is 0 Å². The summed E-state index contributed by atoms with van der Waals surface area (Å²) in [5, 5.41) is 0. The SMILES string of the molecule is CCC(=O)N(CCCc1ccccc1)c1cccc(Cn2ccnc2)c1. The Morgan fingerprint density at radius 2 is 1.88 bits per heavy atom. The number of anilines is 1. The molecule has 0 saturated carbocycles. The normalized spacial score (nSPS) is 10.7. The summed E-state index contributed by atoms with van der Waals surface area (Å²) in [5.41, 5.74) is 3.45. The first kappa shape index (κ1) is 17.9. The van der Waals surface area contributed by atoms with Crippen molar-refractivity contribution in [2.45, 2.75) is 32.7 Å². The molecule has 0 N–H and O–H groups in total. The molecule has 0 radical (unpaired) electrons. The van der Waals surface area contributed by atoms with Gasteiger partial charge < -0.3 is 9.47 Å². The van der Waals surface area contributed by atoms with Crippen LogP contribution in [0.3, 0.4) is 0 Å². The molecule has 134 valence electrons. The Bertz CT molecular complexity index is 812. The summed E-state index contributed by atoms with van der Waals surface area (Å²) in [6, 6.07) is 18.7. The van der Waals surface area contributed by atoms with Crippen LogP contribution < -0.4 is 4.90 Å². The average molecular weight is 347 g/mol. The lowest BCUT2D eigenvalue weighted by atomic mass is 10.1. The maximum Gasteiger partial charge on any atom is 0.226 e. The molecule has 0 fully saturated rings. The second-order valence-electron chi connectivity index (χ2n) is 6.39. The standard InChI is InChI=1S/C22H25N3O/c1-2-22(26)25(14-7-11-19-8-4-3-5-9-19)21-12-6-10-20(16-21)17-24-15-13-23-18-24/h3-6,8-10,12-13,15-16,18H,2,7,11,14,17H2,1H3. The molecule has 0 aliphatic heterocycles. The third-order valence-corrected chi connectivity index (χ3v) is 4.44. The van der Waals surface area contributed by atoms with Crippen LogP contribution in [-0.2, 0) is 17.8 Å². The van der Waals surface area contributed by atoms with Crippen LogP contribution in [0.15, 0.2) is 73.3 Å². The van der Waals surface area contributed by atoms with Gasteiger partial charge in [-0.1, -0.05) is 49.4 Å². The van der Waals surface area contributed by atoms with Gasteiger partial charge in [-0.05, 0) is 36.1 Å². The second kappa shape index (κ2) is 8.99. The number of imidazole rings is 1. The van der Waals surface area contributed by atoms with E-state index in [0.29, 0.717) is 6.42 Å². The Morgan fingerprint density at radius 3 is 2.62 bits per heavy atom. The summed E-state index contributed by atoms with van der Waals surface area (Å²) in [4.78, 5) is 18.5. The van der Waals surface area contributed by atoms with E-state index in [1.54, 1.807) is 6.20 Å². The smallest absolute Gasteiger partial charge is 0.226 e. The average Bonchev–Trinajstić information content (AvgIpc) is 3.19. The molecule has 1 aromatic heterocycles. The van der Waals surface area contributed by atoms with Gasteiger partial charge in [-0.15, -0.1) is 0 Å². The number of benzene rings is 2. The zero-order chi connectivity index (χ0) is 18.2. The number of carbonyl (C=O) groups is 1. The number of hydrogen-bond donors (Lipinski definition) is 0. The highest BCUT2D eigenvalue weighted by atomic mass is 16.2. The van der Waals surface area contributed by atoms with E-state index < -0.39 is 0 Å². The molecule has 1 amide bonds. The van der Waals surface area contributed by atoms with Crippen molar-refractivity contribution in [1.82, 2.24) is 9.55 Å². The molecule has 0 spiro atoms. The molecule has 26 heavy (non-hydrogen) atoms. The Kier molecular flexibility index (Phi) is 6.20. The van der Waals surface area contributed by atoms with E-state index in [2.05, 4.69) is 41.4 Å². The highest BCUT2D eigenvalue weighted by Gasteiger charge is 2.14. The van der Waals surface area contributed by atoms with Crippen LogP contribution in [0.2, 0.25) is 0 Å². The third kappa shape index (κ3) is 4.82. The van der Waals surface area contributed by atoms with E-state index in [-0.39, 0.29) is 5.91 Å². The van der Waals surface area contributed by atoms with Crippen molar-refractivity contribution in [1.29, 1.82) is 0 Å². The molecule has 3 aromatic rings. The van der Waals surface area contributed by atoms with Crippen molar-refractivity contribution >= 4 is 11.6 Å². The summed E-state index contributed by atoms with van der Waals surface area (Å²) >= 11 is 0. The van der Waals surface area contributed by atoms with Crippen LogP contribution in [0.4, 0.5) is 5.69 Å². The van der Waals surface area contributed by atoms with Gasteiger partial charge in [-0.3, -0.25) is 4.79 Å². The van der Waals surface area contributed by atoms with Gasteiger partial charge in [0.1, 0.15) is 0 Å². The zero-order valence-electron chi connectivity index (χ0n) is 15.2. The second-order valence-corrected chi connectivity index (χ2v) is 6.39. The van der Waals surface area contributed by atoms with Crippen molar-refractivity contribution in [2.75, 3.05) is 11.4 Å². The predicted octanol–water partition coefficient (Wildman–Crippen LogP) is 4.31. The molecular formula is C22H25N3O. The first-order chi connectivity index (χ1) is 12.8. The lowest BCUT2D eigenvalue weighted by molar-refractivity contribution is -0.118. The van der Waals surface area contributed by atoms with Gasteiger partial charge in [0, 0.05) is 37.6 Å². The molecule has 1 heterocycles. The molecule has 0 aliphatic carbocycles. The minimum Gasteiger partial charge on any atom is -0.333 e. The Labute approximate surface area is 155 Å². The molecule has 2 aromatic carbocycles. The maximum atomic E-state index is 12.5. The van der Waals surface area contributed by atoms with E-state index in [0.717, 1.165) is 37.2 Å². The number of nitrogens with zero attached hydrogens (tertiary/aromatic N) is 3. The highest BCUT2D eigenvalue weighted by Crippen LogP contribution is 2.19. The lowest BCUT2D eigenvalue weighted by Crippen LogP contribution is -2.31. The molecular weight excluding hydrogens is 322 g/mol. The molecule has 0 aliphatic rings. The molecule has 3 rings (SSSR count). The van der Waals surface area contributed by atoms with Gasteiger partial charge in [0.05, 0.1) is 6.33 Å². The van der Waals surface area contributed by atoms with Crippen molar-refractivity contribution < 1.29 is 4.79 Å². The minimum atomic E-state index is 0.165. The van der Waals surface area contributed by atoms with E-state index in [9.17, 15) is 4.79 Å². The summed E-state index contributed by atoms with van der Waals surface area (Å²) in [6.45, 7) is 3.41. The third-order valence-electron chi connectivity index (χ3n) is 4.44. The Hall–Kier alpha value is -2.88. The predicted molar refractivity (Wildman–Crippen MR) is 105 cm³/mol. The van der Waals surface area contributed by atoms with E-state index >= 15 is 0 Å². The minimum absolute atomic E-state index is 0.165. The van der Waals surface area contributed by atoms with Crippen LogP contribution in [0, 0.1) is 0 Å². The summed E-state index contributed by atoms with van der Waals surface area (Å²) in [5.74, 6) is 0.165. The van der Waals surface area contributed by atoms with Gasteiger partial charge in [-0.2, -0.15) is 0 Å². The van der Waals surface area contributed by atoms with Gasteiger partial charge in [0.15, 0.2) is 0 Å². The van der Waals surface area contributed by atoms with Crippen molar-refractivity contribution in [3.8, 4) is 0 Å². The number of aryl methyl sites for hydroxylation is 1. The van der Waals surface area contributed by atoms with Gasteiger partial charge in [0.2, 0.25) is 5.91 Å². The van der Waals surface area contributed by atoms with Crippen LogP contribution in [0.5, 0.6) is 0 Å². The Morgan fingerprint density at radius 1 is 1.08 bits per heavy atom. The van der Waals surface area contributed by atoms with Gasteiger partial charge in [0.25, 0.3) is 0 Å². The summed E-state index contributed by atoms with van der Waals surface area (Å²) in [7, 11) is 0. The first-order valence-corrected chi connectivity index (χ1v) is 9.15. The van der Waals surface area contributed by atoms with Crippen LogP contribution in [-0.4, -0.2) is 22.0 Å². The molecule has 0 bridgehead atoms. The largest absolute Gasteiger partial charge is 0.333 e. The van der Waals surface area contributed by atoms with Gasteiger partial charge in [-0.25, -0.2) is 4.98 Å². The molecule has 4 heteroatoms. The fraction of sp³-hybridized carbons (Fsp3) is 0.273. The Balaban J connectivity index is 1.69. The quantitative estimate of drug-likeness (QED) is 0.609. The summed E-state index contributed by atoms with van der Waals surface area (Å²) < 4.78 is 2.03. The first-order valence-electron chi connectivity index (χ1n) is 9.15. The van der Waals surface area contributed by atoms with E-state index in [1.165, 1.54) is 5.56 Å². The molecule has 0 unspecified atom stereocenters. The zero-order valence-corrected chi connectivity index (χ0v) is 15.2. The van der Waals surface area contributed by atoms with Crippen LogP contribution >= 0.6 is 0 Å². The number of rotatable bonds is 8. The van der Waals surface area contributed by atoms with Crippen LogP contribution in [0.1, 0.15) is 30.9 Å². The number of hydrogen-bond acceptors (Lipinski definition) is 2. The van der Waals surface area contributed by atoms with Crippen molar-refractivity contribution in [3.05, 3.63) is 84.4 Å². The number of aromatic nitrogens is 2. The molecule has 0 saturated heterocycles. The number of amides is 1. The van der Waals surface area contributed by atoms with Gasteiger partial charge >= 0.3 is 0 Å². The topological polar surface area (TPSA) is 38.1 Å². The molecule has 4 nitrogen and oxygen atoms in total. The van der Waals surface area contributed by atoms with E-state index in [4.69, 9.17) is 0 Å².